The molecule has 0 aliphatic carbocycles. The molecule has 4 aromatic rings. The number of imidazole rings is 1. The number of H-pyrrole nitrogens is 1. The summed E-state index contributed by atoms with van der Waals surface area (Å²) in [5.74, 6) is 5.27. The highest BCUT2D eigenvalue weighted by molar-refractivity contribution is 5.96. The van der Waals surface area contributed by atoms with Crippen molar-refractivity contribution >= 4 is 22.6 Å². The first-order valence-electron chi connectivity index (χ1n) is 11.4. The minimum atomic E-state index is -0.691. The van der Waals surface area contributed by atoms with Gasteiger partial charge in [-0.15, -0.1) is 0 Å². The van der Waals surface area contributed by atoms with Crippen LogP contribution in [0.4, 0.5) is 14.7 Å². The number of hydrogen-bond acceptors (Lipinski definition) is 5. The third-order valence-corrected chi connectivity index (χ3v) is 7.30. The number of piperidine rings is 1. The van der Waals surface area contributed by atoms with Crippen molar-refractivity contribution in [2.75, 3.05) is 24.6 Å². The number of anilines is 1. The van der Waals surface area contributed by atoms with Crippen LogP contribution in [0.1, 0.15) is 30.9 Å². The van der Waals surface area contributed by atoms with E-state index in [1.54, 1.807) is 12.4 Å². The molecule has 174 valence electrons. The molecule has 0 radical (unpaired) electrons. The van der Waals surface area contributed by atoms with Crippen molar-refractivity contribution in [2.45, 2.75) is 31.9 Å². The van der Waals surface area contributed by atoms with Gasteiger partial charge < -0.3 is 20.4 Å². The highest BCUT2D eigenvalue weighted by atomic mass is 19.1. The predicted octanol–water partition coefficient (Wildman–Crippen LogP) is 3.22. The summed E-state index contributed by atoms with van der Waals surface area (Å²) in [6, 6.07) is 3.40. The van der Waals surface area contributed by atoms with Crippen LogP contribution in [0, 0.1) is 28.9 Å². The third-order valence-electron chi connectivity index (χ3n) is 7.30. The van der Waals surface area contributed by atoms with Crippen LogP contribution >= 0.6 is 0 Å². The van der Waals surface area contributed by atoms with E-state index >= 15 is 0 Å². The fourth-order valence-corrected chi connectivity index (χ4v) is 5.20. The first-order valence-corrected chi connectivity index (χ1v) is 11.4. The SMILES string of the molecule is C[C@@H]1OCC2(CCN(c3nc4[nH]cc(C#Cc5ccc(F)cc5F)c4c4nccn34)CC2)[C@@H]1N. The zero-order valence-corrected chi connectivity index (χ0v) is 18.7. The average molecular weight is 463 g/mol. The van der Waals surface area contributed by atoms with Gasteiger partial charge in [-0.1, -0.05) is 11.8 Å². The van der Waals surface area contributed by atoms with Crippen LogP contribution in [0.5, 0.6) is 0 Å². The van der Waals surface area contributed by atoms with E-state index in [0.717, 1.165) is 49.0 Å². The fourth-order valence-electron chi connectivity index (χ4n) is 5.20. The number of fused-ring (bicyclic) bond motifs is 3. The summed E-state index contributed by atoms with van der Waals surface area (Å²) in [6.45, 7) is 4.41. The Morgan fingerprint density at radius 3 is 2.74 bits per heavy atom. The van der Waals surface area contributed by atoms with Crippen molar-refractivity contribution in [1.82, 2.24) is 19.4 Å². The summed E-state index contributed by atoms with van der Waals surface area (Å²) in [5, 5.41) is 0.761. The molecule has 2 fully saturated rings. The lowest BCUT2D eigenvalue weighted by atomic mass is 9.73. The van der Waals surface area contributed by atoms with Crippen LogP contribution in [0.3, 0.4) is 0 Å². The van der Waals surface area contributed by atoms with E-state index in [9.17, 15) is 8.78 Å². The average Bonchev–Trinajstić information content (AvgIpc) is 3.54. The smallest absolute Gasteiger partial charge is 0.213 e. The van der Waals surface area contributed by atoms with E-state index in [4.69, 9.17) is 15.5 Å². The van der Waals surface area contributed by atoms with Gasteiger partial charge in [0.2, 0.25) is 5.95 Å². The number of nitrogens with one attached hydrogen (secondary N) is 1. The Morgan fingerprint density at radius 2 is 2.00 bits per heavy atom. The number of nitrogens with zero attached hydrogens (tertiary/aromatic N) is 4. The summed E-state index contributed by atoms with van der Waals surface area (Å²) < 4.78 is 35.0. The van der Waals surface area contributed by atoms with Gasteiger partial charge in [0.1, 0.15) is 17.3 Å². The van der Waals surface area contributed by atoms with E-state index in [-0.39, 0.29) is 23.1 Å². The van der Waals surface area contributed by atoms with Crippen molar-refractivity contribution in [3.8, 4) is 11.8 Å². The van der Waals surface area contributed by atoms with Gasteiger partial charge >= 0.3 is 0 Å². The van der Waals surface area contributed by atoms with Crippen molar-refractivity contribution < 1.29 is 13.5 Å². The van der Waals surface area contributed by atoms with Crippen molar-refractivity contribution in [2.24, 2.45) is 11.1 Å². The van der Waals surface area contributed by atoms with Gasteiger partial charge in [0.05, 0.1) is 29.2 Å². The Balaban J connectivity index is 1.35. The Kier molecular flexibility index (Phi) is 4.83. The maximum absolute atomic E-state index is 14.0. The number of hydrogen-bond donors (Lipinski definition) is 2. The second kappa shape index (κ2) is 7.79. The summed E-state index contributed by atoms with van der Waals surface area (Å²) in [5.41, 5.74) is 8.66. The van der Waals surface area contributed by atoms with Crippen LogP contribution in [0.25, 0.3) is 16.7 Å². The predicted molar refractivity (Wildman–Crippen MR) is 124 cm³/mol. The zero-order chi connectivity index (χ0) is 23.4. The minimum Gasteiger partial charge on any atom is -0.376 e. The second-order valence-electron chi connectivity index (χ2n) is 9.22. The summed E-state index contributed by atoms with van der Waals surface area (Å²) >= 11 is 0. The molecule has 1 aromatic carbocycles. The van der Waals surface area contributed by atoms with Gasteiger partial charge in [-0.25, -0.2) is 13.8 Å². The molecular weight excluding hydrogens is 438 g/mol. The first-order chi connectivity index (χ1) is 16.4. The van der Waals surface area contributed by atoms with Crippen molar-refractivity contribution in [3.63, 3.8) is 0 Å². The molecule has 6 rings (SSSR count). The summed E-state index contributed by atoms with van der Waals surface area (Å²) in [6.07, 6.45) is 7.34. The lowest BCUT2D eigenvalue weighted by Gasteiger charge is -2.41. The number of aromatic nitrogens is 4. The Hall–Kier alpha value is -3.48. The molecular formula is C25H24F2N6O. The Labute approximate surface area is 194 Å². The van der Waals surface area contributed by atoms with Gasteiger partial charge in [0.25, 0.3) is 0 Å². The van der Waals surface area contributed by atoms with Crippen LogP contribution in [-0.4, -0.2) is 51.2 Å². The van der Waals surface area contributed by atoms with Gasteiger partial charge in [0.15, 0.2) is 5.65 Å². The summed E-state index contributed by atoms with van der Waals surface area (Å²) in [7, 11) is 0. The lowest BCUT2D eigenvalue weighted by molar-refractivity contribution is 0.0973. The van der Waals surface area contributed by atoms with E-state index in [1.165, 1.54) is 12.1 Å². The van der Waals surface area contributed by atoms with E-state index in [2.05, 4.69) is 26.7 Å². The van der Waals surface area contributed by atoms with Gasteiger partial charge in [-0.2, -0.15) is 4.98 Å². The summed E-state index contributed by atoms with van der Waals surface area (Å²) in [4.78, 5) is 14.9. The second-order valence-corrected chi connectivity index (χ2v) is 9.22. The van der Waals surface area contributed by atoms with Gasteiger partial charge in [-0.3, -0.25) is 4.40 Å². The molecule has 0 unspecified atom stereocenters. The molecule has 0 amide bonds. The molecule has 1 spiro atoms. The minimum absolute atomic E-state index is 0.0267. The molecule has 9 heteroatoms. The highest BCUT2D eigenvalue weighted by Gasteiger charge is 2.47. The molecule has 0 bridgehead atoms. The molecule has 3 aromatic heterocycles. The number of nitrogens with two attached hydrogens (primary N) is 1. The zero-order valence-electron chi connectivity index (χ0n) is 18.7. The van der Waals surface area contributed by atoms with Crippen LogP contribution in [-0.2, 0) is 4.74 Å². The van der Waals surface area contributed by atoms with Crippen LogP contribution in [0.15, 0.2) is 36.8 Å². The number of halogens is 2. The fraction of sp³-hybridized carbons (Fsp3) is 0.360. The number of rotatable bonds is 1. The van der Waals surface area contributed by atoms with Gasteiger partial charge in [-0.05, 0) is 31.9 Å². The van der Waals surface area contributed by atoms with Crippen molar-refractivity contribution in [1.29, 1.82) is 0 Å². The van der Waals surface area contributed by atoms with Crippen molar-refractivity contribution in [3.05, 3.63) is 59.6 Å². The third kappa shape index (κ3) is 3.25. The lowest BCUT2D eigenvalue weighted by Crippen LogP contribution is -2.51. The molecule has 2 atom stereocenters. The molecule has 34 heavy (non-hydrogen) atoms. The first kappa shape index (κ1) is 21.1. The van der Waals surface area contributed by atoms with E-state index in [0.29, 0.717) is 17.8 Å². The standard InChI is InChI=1S/C25H24F2N6O/c1-15-21(28)25(14-34-15)6-9-32(10-7-25)24-31-22-20(23-29-8-11-33(23)24)17(13-30-22)3-2-16-4-5-18(26)12-19(16)27/h4-5,8,11-13,15,21,30H,6-7,9-10,14,28H2,1H3/t15-,21+/m0/s1. The Morgan fingerprint density at radius 1 is 1.21 bits per heavy atom. The maximum Gasteiger partial charge on any atom is 0.213 e. The molecule has 2 saturated heterocycles. The van der Waals surface area contributed by atoms with E-state index in [1.807, 2.05) is 17.5 Å². The van der Waals surface area contributed by atoms with E-state index < -0.39 is 11.6 Å². The molecule has 3 N–H and O–H groups in total. The molecule has 2 aliphatic rings. The normalized spacial score (nSPS) is 21.9. The largest absolute Gasteiger partial charge is 0.376 e. The highest BCUT2D eigenvalue weighted by Crippen LogP contribution is 2.42. The number of ether oxygens (including phenoxy) is 1. The molecule has 5 heterocycles. The van der Waals surface area contributed by atoms with Crippen LogP contribution < -0.4 is 10.6 Å². The quantitative estimate of drug-likeness (QED) is 0.425. The van der Waals surface area contributed by atoms with Crippen LogP contribution in [0.2, 0.25) is 0 Å². The number of aromatic amines is 1. The van der Waals surface area contributed by atoms with Gasteiger partial charge in [0, 0.05) is 49.2 Å². The topological polar surface area (TPSA) is 84.5 Å². The maximum atomic E-state index is 14.0. The number of benzene rings is 1. The molecule has 0 saturated carbocycles. The Bertz CT molecular complexity index is 1460. The molecule has 7 nitrogen and oxygen atoms in total. The monoisotopic (exact) mass is 462 g/mol. The molecule has 2 aliphatic heterocycles.